The van der Waals surface area contributed by atoms with E-state index in [4.69, 9.17) is 9.47 Å². The number of methoxy groups -OCH3 is 1. The maximum Gasteiger partial charge on any atom is 0.355 e. The minimum Gasteiger partial charge on any atom is -0.457 e. The molecule has 0 aliphatic carbocycles. The van der Waals surface area contributed by atoms with Gasteiger partial charge in [-0.25, -0.2) is 4.79 Å². The first-order chi connectivity index (χ1) is 8.74. The van der Waals surface area contributed by atoms with E-state index in [-0.39, 0.29) is 24.8 Å². The average Bonchev–Trinajstić information content (AvgIpc) is 2.78. The molecule has 0 unspecified atom stereocenters. The molecule has 18 heavy (non-hydrogen) atoms. The third-order valence-corrected chi connectivity index (χ3v) is 2.47. The molecule has 0 saturated carbocycles. The van der Waals surface area contributed by atoms with Crippen LogP contribution < -0.4 is 4.90 Å². The summed E-state index contributed by atoms with van der Waals surface area (Å²) in [6.45, 7) is 0.0945. The number of hydrogen-bond donors (Lipinski definition) is 0. The monoisotopic (exact) mass is 247 g/mol. The third-order valence-electron chi connectivity index (χ3n) is 2.47. The molecule has 0 bridgehead atoms. The summed E-state index contributed by atoms with van der Waals surface area (Å²) in [5.74, 6) is -0.808. The highest BCUT2D eigenvalue weighted by molar-refractivity contribution is 6.07. The van der Waals surface area contributed by atoms with Gasteiger partial charge in [-0.05, 0) is 18.2 Å². The molecule has 94 valence electrons. The van der Waals surface area contributed by atoms with Crippen LogP contribution in [0.5, 0.6) is 0 Å². The van der Waals surface area contributed by atoms with Gasteiger partial charge in [0.2, 0.25) is 0 Å². The Morgan fingerprint density at radius 1 is 1.39 bits per heavy atom. The van der Waals surface area contributed by atoms with E-state index >= 15 is 0 Å². The fourth-order valence-electron chi connectivity index (χ4n) is 1.72. The van der Waals surface area contributed by atoms with Crippen LogP contribution in [0.2, 0.25) is 0 Å². The van der Waals surface area contributed by atoms with Gasteiger partial charge < -0.3 is 9.47 Å². The van der Waals surface area contributed by atoms with Crippen LogP contribution in [0.25, 0.3) is 0 Å². The van der Waals surface area contributed by atoms with Crippen LogP contribution in [-0.2, 0) is 19.1 Å². The molecule has 1 heterocycles. The van der Waals surface area contributed by atoms with E-state index in [2.05, 4.69) is 0 Å². The zero-order valence-electron chi connectivity index (χ0n) is 9.96. The summed E-state index contributed by atoms with van der Waals surface area (Å²) in [5, 5.41) is 0. The number of ether oxygens (including phenoxy) is 2. The third kappa shape index (κ3) is 2.41. The van der Waals surface area contributed by atoms with Crippen LogP contribution >= 0.6 is 0 Å². The SMILES string of the molecule is COCC(=O)N(C1=CCOC1=O)c1ccccc1. The molecule has 1 aliphatic heterocycles. The predicted octanol–water partition coefficient (Wildman–Crippen LogP) is 1.11. The number of rotatable bonds is 4. The second-order valence-electron chi connectivity index (χ2n) is 3.69. The molecule has 0 aromatic heterocycles. The lowest BCUT2D eigenvalue weighted by Gasteiger charge is -2.21. The molecule has 0 N–H and O–H groups in total. The second-order valence-corrected chi connectivity index (χ2v) is 3.69. The van der Waals surface area contributed by atoms with Gasteiger partial charge in [-0.1, -0.05) is 18.2 Å². The van der Waals surface area contributed by atoms with E-state index in [1.54, 1.807) is 30.3 Å². The van der Waals surface area contributed by atoms with Crippen molar-refractivity contribution in [1.82, 2.24) is 0 Å². The summed E-state index contributed by atoms with van der Waals surface area (Å²) in [6.07, 6.45) is 1.59. The van der Waals surface area contributed by atoms with E-state index in [1.807, 2.05) is 6.07 Å². The fraction of sp³-hybridized carbons (Fsp3) is 0.231. The molecule has 1 amide bonds. The first kappa shape index (κ1) is 12.3. The van der Waals surface area contributed by atoms with E-state index in [0.29, 0.717) is 5.69 Å². The second kappa shape index (κ2) is 5.46. The largest absolute Gasteiger partial charge is 0.457 e. The lowest BCUT2D eigenvalue weighted by molar-refractivity contribution is -0.137. The minimum atomic E-state index is -0.497. The van der Waals surface area contributed by atoms with Gasteiger partial charge >= 0.3 is 5.97 Å². The van der Waals surface area contributed by atoms with Crippen LogP contribution in [0.4, 0.5) is 5.69 Å². The van der Waals surface area contributed by atoms with Gasteiger partial charge in [0.05, 0.1) is 0 Å². The Morgan fingerprint density at radius 3 is 2.67 bits per heavy atom. The summed E-state index contributed by atoms with van der Waals surface area (Å²) in [5.41, 5.74) is 0.855. The van der Waals surface area contributed by atoms with E-state index in [9.17, 15) is 9.59 Å². The maximum absolute atomic E-state index is 12.0. The molecule has 0 spiro atoms. The Bertz CT molecular complexity index is 481. The minimum absolute atomic E-state index is 0.0977. The number of carbonyl (C=O) groups excluding carboxylic acids is 2. The van der Waals surface area contributed by atoms with Gasteiger partial charge in [0.1, 0.15) is 18.9 Å². The van der Waals surface area contributed by atoms with Gasteiger partial charge in [0.15, 0.2) is 0 Å². The fourth-order valence-corrected chi connectivity index (χ4v) is 1.72. The highest BCUT2D eigenvalue weighted by atomic mass is 16.5. The molecule has 0 atom stereocenters. The number of benzene rings is 1. The van der Waals surface area contributed by atoms with Crippen LogP contribution in [0.15, 0.2) is 42.1 Å². The van der Waals surface area contributed by atoms with Crippen molar-refractivity contribution < 1.29 is 19.1 Å². The normalized spacial score (nSPS) is 14.1. The number of anilines is 1. The summed E-state index contributed by atoms with van der Waals surface area (Å²) in [4.78, 5) is 24.9. The molecule has 1 aliphatic rings. The lowest BCUT2D eigenvalue weighted by Crippen LogP contribution is -2.35. The van der Waals surface area contributed by atoms with Gasteiger partial charge in [-0.2, -0.15) is 0 Å². The van der Waals surface area contributed by atoms with Crippen molar-refractivity contribution in [3.63, 3.8) is 0 Å². The van der Waals surface area contributed by atoms with Gasteiger partial charge in [0.25, 0.3) is 5.91 Å². The maximum atomic E-state index is 12.0. The van der Waals surface area contributed by atoms with Gasteiger partial charge in [-0.3, -0.25) is 9.69 Å². The summed E-state index contributed by atoms with van der Waals surface area (Å²) in [7, 11) is 1.43. The molecule has 1 aromatic rings. The molecule has 5 nitrogen and oxygen atoms in total. The molecule has 0 radical (unpaired) electrons. The van der Waals surface area contributed by atoms with Crippen molar-refractivity contribution in [2.75, 3.05) is 25.2 Å². The predicted molar refractivity (Wildman–Crippen MR) is 64.8 cm³/mol. The first-order valence-electron chi connectivity index (χ1n) is 5.48. The molecule has 5 heteroatoms. The zero-order valence-corrected chi connectivity index (χ0v) is 9.96. The Balaban J connectivity index is 2.35. The molecule has 1 aromatic carbocycles. The summed E-state index contributed by atoms with van der Waals surface area (Å²) < 4.78 is 9.66. The van der Waals surface area contributed by atoms with Crippen molar-refractivity contribution in [3.05, 3.63) is 42.1 Å². The Kier molecular flexibility index (Phi) is 3.74. The van der Waals surface area contributed by atoms with Gasteiger partial charge in [0, 0.05) is 12.8 Å². The molecular formula is C13H13NO4. The topological polar surface area (TPSA) is 55.8 Å². The number of esters is 1. The quantitative estimate of drug-likeness (QED) is 0.748. The molecule has 0 fully saturated rings. The average molecular weight is 247 g/mol. The Labute approximate surface area is 105 Å². The first-order valence-corrected chi connectivity index (χ1v) is 5.48. The van der Waals surface area contributed by atoms with Crippen molar-refractivity contribution in [2.24, 2.45) is 0 Å². The van der Waals surface area contributed by atoms with Gasteiger partial charge in [-0.15, -0.1) is 0 Å². The van der Waals surface area contributed by atoms with E-state index in [0.717, 1.165) is 0 Å². The number of carbonyl (C=O) groups is 2. The van der Waals surface area contributed by atoms with Crippen molar-refractivity contribution >= 4 is 17.6 Å². The summed E-state index contributed by atoms with van der Waals surface area (Å²) in [6, 6.07) is 8.93. The van der Waals surface area contributed by atoms with Crippen LogP contribution in [0, 0.1) is 0 Å². The van der Waals surface area contributed by atoms with Crippen molar-refractivity contribution in [3.8, 4) is 0 Å². The molecular weight excluding hydrogens is 234 g/mol. The highest BCUT2D eigenvalue weighted by Gasteiger charge is 2.28. The Morgan fingerprint density at radius 2 is 2.11 bits per heavy atom. The highest BCUT2D eigenvalue weighted by Crippen LogP contribution is 2.22. The smallest absolute Gasteiger partial charge is 0.355 e. The van der Waals surface area contributed by atoms with Crippen LogP contribution in [-0.4, -0.2) is 32.2 Å². The number of cyclic esters (lactones) is 1. The van der Waals surface area contributed by atoms with Crippen LogP contribution in [0.3, 0.4) is 0 Å². The molecule has 2 rings (SSSR count). The number of amides is 1. The number of para-hydroxylation sites is 1. The van der Waals surface area contributed by atoms with Crippen molar-refractivity contribution in [2.45, 2.75) is 0 Å². The van der Waals surface area contributed by atoms with E-state index < -0.39 is 5.97 Å². The number of hydrogen-bond acceptors (Lipinski definition) is 4. The lowest BCUT2D eigenvalue weighted by atomic mass is 10.2. The van der Waals surface area contributed by atoms with E-state index in [1.165, 1.54) is 12.0 Å². The Hall–Kier alpha value is -2.14. The van der Waals surface area contributed by atoms with Crippen LogP contribution in [0.1, 0.15) is 0 Å². The summed E-state index contributed by atoms with van der Waals surface area (Å²) >= 11 is 0. The number of nitrogens with zero attached hydrogens (tertiary/aromatic N) is 1. The molecule has 0 saturated heterocycles. The van der Waals surface area contributed by atoms with Crippen molar-refractivity contribution in [1.29, 1.82) is 0 Å². The zero-order chi connectivity index (χ0) is 13.0. The standard InChI is InChI=1S/C13H13NO4/c1-17-9-12(15)14(10-5-3-2-4-6-10)11-7-8-18-13(11)16/h2-7H,8-9H2,1H3.